The van der Waals surface area contributed by atoms with Crippen molar-refractivity contribution in [3.8, 4) is 11.1 Å². The zero-order chi connectivity index (χ0) is 12.1. The minimum Gasteiger partial charge on any atom is -0.484 e. The third-order valence-electron chi connectivity index (χ3n) is 2.67. The number of hydrogen-bond donors (Lipinski definition) is 1. The van der Waals surface area contributed by atoms with Crippen molar-refractivity contribution in [3.05, 3.63) is 60.2 Å². The number of ether oxygens (including phenoxy) is 1. The van der Waals surface area contributed by atoms with Gasteiger partial charge in [0.05, 0.1) is 7.11 Å². The van der Waals surface area contributed by atoms with Crippen molar-refractivity contribution in [3.63, 3.8) is 0 Å². The van der Waals surface area contributed by atoms with Crippen LogP contribution in [-0.2, 0) is 11.2 Å². The van der Waals surface area contributed by atoms with Gasteiger partial charge in [-0.1, -0.05) is 54.6 Å². The van der Waals surface area contributed by atoms with E-state index in [9.17, 15) is 0 Å². The number of hydrogen-bond acceptors (Lipinski definition) is 2. The largest absolute Gasteiger partial charge is 0.484 e. The average molecular weight is 262 g/mol. The van der Waals surface area contributed by atoms with Crippen LogP contribution in [0.25, 0.3) is 11.1 Å². The van der Waals surface area contributed by atoms with Crippen LogP contribution in [0.15, 0.2) is 54.6 Å². The van der Waals surface area contributed by atoms with Gasteiger partial charge in [-0.25, -0.2) is 0 Å². The smallest absolute Gasteiger partial charge is 0.184 e. The molecule has 1 N–H and O–H groups in total. The van der Waals surface area contributed by atoms with Gasteiger partial charge in [-0.3, -0.25) is 5.41 Å². The fourth-order valence-electron chi connectivity index (χ4n) is 1.70. The third kappa shape index (κ3) is 3.60. The van der Waals surface area contributed by atoms with E-state index >= 15 is 0 Å². The molecule has 0 saturated carbocycles. The summed E-state index contributed by atoms with van der Waals surface area (Å²) in [6.45, 7) is 0. The van der Waals surface area contributed by atoms with Gasteiger partial charge in [0.1, 0.15) is 0 Å². The van der Waals surface area contributed by atoms with Crippen LogP contribution < -0.4 is 0 Å². The Morgan fingerprint density at radius 1 is 0.944 bits per heavy atom. The highest BCUT2D eigenvalue weighted by Crippen LogP contribution is 2.19. The van der Waals surface area contributed by atoms with Gasteiger partial charge in [-0.15, -0.1) is 12.4 Å². The van der Waals surface area contributed by atoms with Gasteiger partial charge < -0.3 is 4.74 Å². The third-order valence-corrected chi connectivity index (χ3v) is 2.67. The Hall–Kier alpha value is -1.80. The van der Waals surface area contributed by atoms with Gasteiger partial charge in [-0.2, -0.15) is 0 Å². The fourth-order valence-corrected chi connectivity index (χ4v) is 1.70. The molecule has 2 nitrogen and oxygen atoms in total. The molecule has 0 aliphatic carbocycles. The first kappa shape index (κ1) is 14.3. The monoisotopic (exact) mass is 261 g/mol. The van der Waals surface area contributed by atoms with Crippen LogP contribution in [0.1, 0.15) is 5.56 Å². The van der Waals surface area contributed by atoms with Crippen LogP contribution in [-0.4, -0.2) is 13.0 Å². The van der Waals surface area contributed by atoms with Gasteiger partial charge in [0.25, 0.3) is 0 Å². The maximum absolute atomic E-state index is 7.47. The maximum atomic E-state index is 7.47. The first-order valence-corrected chi connectivity index (χ1v) is 5.55. The normalized spacial score (nSPS) is 9.39. The van der Waals surface area contributed by atoms with Crippen LogP contribution >= 0.6 is 12.4 Å². The lowest BCUT2D eigenvalue weighted by Gasteiger charge is -2.05. The van der Waals surface area contributed by atoms with Crippen LogP contribution in [0.2, 0.25) is 0 Å². The van der Waals surface area contributed by atoms with Gasteiger partial charge in [0.2, 0.25) is 0 Å². The molecule has 0 aliphatic rings. The summed E-state index contributed by atoms with van der Waals surface area (Å²) in [5.41, 5.74) is 3.50. The summed E-state index contributed by atoms with van der Waals surface area (Å²) in [7, 11) is 1.53. The van der Waals surface area contributed by atoms with Crippen molar-refractivity contribution in [1.29, 1.82) is 5.41 Å². The highest BCUT2D eigenvalue weighted by Gasteiger charge is 2.00. The lowest BCUT2D eigenvalue weighted by atomic mass is 10.0. The Balaban J connectivity index is 0.00000162. The molecule has 0 aromatic heterocycles. The summed E-state index contributed by atoms with van der Waals surface area (Å²) in [6, 6.07) is 18.5. The first-order valence-electron chi connectivity index (χ1n) is 5.55. The minimum atomic E-state index is 0. The van der Waals surface area contributed by atoms with Crippen molar-refractivity contribution in [2.24, 2.45) is 0 Å². The SMILES string of the molecule is COC(=N)Cc1ccc(-c2ccccc2)cc1.Cl. The molecular weight excluding hydrogens is 246 g/mol. The second kappa shape index (κ2) is 6.82. The fraction of sp³-hybridized carbons (Fsp3) is 0.133. The number of nitrogens with one attached hydrogen (secondary N) is 1. The van der Waals surface area contributed by atoms with Gasteiger partial charge >= 0.3 is 0 Å². The Morgan fingerprint density at radius 3 is 2.06 bits per heavy atom. The average Bonchev–Trinajstić information content (AvgIpc) is 2.40. The number of rotatable bonds is 3. The van der Waals surface area contributed by atoms with E-state index in [1.807, 2.05) is 30.3 Å². The standard InChI is InChI=1S/C15H15NO.ClH/c1-17-15(16)11-12-7-9-14(10-8-12)13-5-3-2-4-6-13;/h2-10,16H,11H2,1H3;1H. The van der Waals surface area contributed by atoms with Crippen LogP contribution in [0.5, 0.6) is 0 Å². The van der Waals surface area contributed by atoms with E-state index in [0.717, 1.165) is 5.56 Å². The Bertz CT molecular complexity index is 494. The molecule has 94 valence electrons. The molecule has 2 rings (SSSR count). The Morgan fingerprint density at radius 2 is 1.50 bits per heavy atom. The van der Waals surface area contributed by atoms with E-state index in [1.54, 1.807) is 0 Å². The quantitative estimate of drug-likeness (QED) is 0.659. The molecule has 0 saturated heterocycles. The number of methoxy groups -OCH3 is 1. The van der Waals surface area contributed by atoms with Crippen LogP contribution in [0.3, 0.4) is 0 Å². The van der Waals surface area contributed by atoms with Crippen LogP contribution in [0, 0.1) is 5.41 Å². The van der Waals surface area contributed by atoms with Gasteiger partial charge in [0.15, 0.2) is 5.90 Å². The minimum absolute atomic E-state index is 0. The van der Waals surface area contributed by atoms with Crippen LogP contribution in [0.4, 0.5) is 0 Å². The second-order valence-corrected chi connectivity index (χ2v) is 3.87. The summed E-state index contributed by atoms with van der Waals surface area (Å²) in [5, 5.41) is 7.47. The van der Waals surface area contributed by atoms with Crippen molar-refractivity contribution < 1.29 is 4.74 Å². The topological polar surface area (TPSA) is 33.1 Å². The zero-order valence-corrected chi connectivity index (χ0v) is 11.0. The zero-order valence-electron chi connectivity index (χ0n) is 10.2. The highest BCUT2D eigenvalue weighted by molar-refractivity contribution is 5.85. The lowest BCUT2D eigenvalue weighted by Crippen LogP contribution is -2.02. The van der Waals surface area contributed by atoms with E-state index in [0.29, 0.717) is 6.42 Å². The molecule has 0 unspecified atom stereocenters. The van der Waals surface area contributed by atoms with Gasteiger partial charge in [-0.05, 0) is 16.7 Å². The molecule has 2 aromatic carbocycles. The summed E-state index contributed by atoms with van der Waals surface area (Å²) < 4.78 is 4.85. The maximum Gasteiger partial charge on any atom is 0.184 e. The molecule has 0 amide bonds. The van der Waals surface area contributed by atoms with Crippen molar-refractivity contribution in [2.75, 3.05) is 7.11 Å². The summed E-state index contributed by atoms with van der Waals surface area (Å²) in [4.78, 5) is 0. The summed E-state index contributed by atoms with van der Waals surface area (Å²) >= 11 is 0. The van der Waals surface area contributed by atoms with Crippen molar-refractivity contribution in [2.45, 2.75) is 6.42 Å². The molecule has 0 aliphatic heterocycles. The predicted octanol–water partition coefficient (Wildman–Crippen LogP) is 3.94. The van der Waals surface area contributed by atoms with Crippen molar-refractivity contribution in [1.82, 2.24) is 0 Å². The molecule has 0 bridgehead atoms. The summed E-state index contributed by atoms with van der Waals surface area (Å²) in [5.74, 6) is 0.289. The molecule has 0 fully saturated rings. The second-order valence-electron chi connectivity index (χ2n) is 3.87. The predicted molar refractivity (Wildman–Crippen MR) is 77.6 cm³/mol. The Kier molecular flexibility index (Phi) is 5.40. The molecule has 0 heterocycles. The molecular formula is C15H16ClNO. The molecule has 0 atom stereocenters. The van der Waals surface area contributed by atoms with E-state index < -0.39 is 0 Å². The molecule has 18 heavy (non-hydrogen) atoms. The highest BCUT2D eigenvalue weighted by atomic mass is 35.5. The van der Waals surface area contributed by atoms with E-state index in [4.69, 9.17) is 10.1 Å². The molecule has 3 heteroatoms. The number of benzene rings is 2. The Labute approximate surface area is 114 Å². The number of halogens is 1. The lowest BCUT2D eigenvalue weighted by molar-refractivity contribution is 0.390. The van der Waals surface area contributed by atoms with Gasteiger partial charge in [0, 0.05) is 6.42 Å². The molecule has 2 aromatic rings. The van der Waals surface area contributed by atoms with E-state index in [1.165, 1.54) is 18.2 Å². The van der Waals surface area contributed by atoms with Crippen molar-refractivity contribution >= 4 is 18.3 Å². The summed E-state index contributed by atoms with van der Waals surface area (Å²) in [6.07, 6.45) is 0.547. The van der Waals surface area contributed by atoms with E-state index in [-0.39, 0.29) is 18.3 Å². The first-order chi connectivity index (χ1) is 8.29. The molecule has 0 radical (unpaired) electrons. The van der Waals surface area contributed by atoms with E-state index in [2.05, 4.69) is 24.3 Å². The molecule has 0 spiro atoms.